The number of fused-ring (bicyclic) bond motifs is 1. The fourth-order valence-electron chi connectivity index (χ4n) is 3.32. The van der Waals surface area contributed by atoms with Crippen LogP contribution in [0.5, 0.6) is 5.88 Å². The highest BCUT2D eigenvalue weighted by molar-refractivity contribution is 5.72. The largest absolute Gasteiger partial charge is 0.415 e. The van der Waals surface area contributed by atoms with Crippen LogP contribution < -0.4 is 10.1 Å². The van der Waals surface area contributed by atoms with E-state index in [-0.39, 0.29) is 11.9 Å². The van der Waals surface area contributed by atoms with Crippen molar-refractivity contribution in [2.45, 2.75) is 25.5 Å². The molecule has 1 saturated carbocycles. The molecule has 0 spiro atoms. The maximum atomic E-state index is 12.3. The second kappa shape index (κ2) is 7.08. The van der Waals surface area contributed by atoms with Gasteiger partial charge in [0.1, 0.15) is 11.3 Å². The smallest absolute Gasteiger partial charge is 0.388 e. The molecule has 2 N–H and O–H groups in total. The maximum Gasteiger partial charge on any atom is 0.388 e. The molecule has 4 aromatic rings. The molecule has 11 heteroatoms. The lowest BCUT2D eigenvalue weighted by Crippen LogP contribution is -2.15. The second-order valence-corrected chi connectivity index (χ2v) is 6.75. The molecule has 1 fully saturated rings. The Bertz CT molecular complexity index is 1130. The van der Waals surface area contributed by atoms with Crippen molar-refractivity contribution >= 4 is 22.8 Å². The van der Waals surface area contributed by atoms with Crippen LogP contribution in [0.15, 0.2) is 43.0 Å². The first-order valence-corrected chi connectivity index (χ1v) is 9.05. The summed E-state index contributed by atoms with van der Waals surface area (Å²) in [4.78, 5) is 13.3. The number of hydrogen-bond donors (Lipinski definition) is 2. The van der Waals surface area contributed by atoms with Gasteiger partial charge in [-0.3, -0.25) is 10.1 Å². The third-order valence-corrected chi connectivity index (χ3v) is 4.69. The van der Waals surface area contributed by atoms with Gasteiger partial charge in [-0.25, -0.2) is 14.6 Å². The number of aromatic amines is 1. The molecule has 148 valence electrons. The lowest BCUT2D eigenvalue weighted by molar-refractivity contribution is -0.0528. The fourth-order valence-corrected chi connectivity index (χ4v) is 3.32. The third kappa shape index (κ3) is 3.58. The summed E-state index contributed by atoms with van der Waals surface area (Å²) in [6.45, 7) is -2.94. The van der Waals surface area contributed by atoms with Gasteiger partial charge in [-0.2, -0.15) is 13.9 Å². The van der Waals surface area contributed by atoms with Gasteiger partial charge in [0.25, 0.3) is 0 Å². The Kier molecular flexibility index (Phi) is 4.26. The monoisotopic (exact) mass is 398 g/mol. The van der Waals surface area contributed by atoms with Gasteiger partial charge < -0.3 is 10.1 Å². The summed E-state index contributed by atoms with van der Waals surface area (Å²) in [5, 5.41) is 13.7. The predicted molar refractivity (Wildman–Crippen MR) is 98.9 cm³/mol. The highest BCUT2D eigenvalue weighted by Gasteiger charge is 2.35. The predicted octanol–water partition coefficient (Wildman–Crippen LogP) is 3.29. The van der Waals surface area contributed by atoms with Crippen molar-refractivity contribution in [3.63, 3.8) is 0 Å². The van der Waals surface area contributed by atoms with Crippen LogP contribution in [0.3, 0.4) is 0 Å². The summed E-state index contributed by atoms with van der Waals surface area (Å²) in [7, 11) is 0. The van der Waals surface area contributed by atoms with E-state index in [9.17, 15) is 8.78 Å². The molecule has 5 rings (SSSR count). The lowest BCUT2D eigenvalue weighted by atomic mass is 10.1. The first-order valence-electron chi connectivity index (χ1n) is 9.05. The minimum absolute atomic E-state index is 0.0314. The zero-order chi connectivity index (χ0) is 19.8. The molecule has 0 aliphatic heterocycles. The Morgan fingerprint density at radius 2 is 2.14 bits per heavy atom. The van der Waals surface area contributed by atoms with Gasteiger partial charge in [0, 0.05) is 18.5 Å². The van der Waals surface area contributed by atoms with Crippen molar-refractivity contribution in [2.24, 2.45) is 5.92 Å². The van der Waals surface area contributed by atoms with Crippen molar-refractivity contribution in [3.8, 4) is 5.88 Å². The van der Waals surface area contributed by atoms with Crippen LogP contribution in [0.2, 0.25) is 0 Å². The Morgan fingerprint density at radius 1 is 1.24 bits per heavy atom. The molecule has 0 unspecified atom stereocenters. The van der Waals surface area contributed by atoms with E-state index in [2.05, 4.69) is 40.3 Å². The number of rotatable bonds is 7. The summed E-state index contributed by atoms with van der Waals surface area (Å²) < 4.78 is 30.7. The van der Waals surface area contributed by atoms with E-state index in [1.54, 1.807) is 18.6 Å². The number of anilines is 2. The number of alkyl halides is 2. The highest BCUT2D eigenvalue weighted by atomic mass is 19.3. The average Bonchev–Trinajstić information content (AvgIpc) is 3.32. The molecule has 4 aromatic heterocycles. The molecular weight excluding hydrogens is 382 g/mol. The van der Waals surface area contributed by atoms with Crippen LogP contribution in [0.25, 0.3) is 11.2 Å². The Morgan fingerprint density at radius 3 is 2.90 bits per heavy atom. The van der Waals surface area contributed by atoms with E-state index in [0.29, 0.717) is 28.7 Å². The zero-order valence-corrected chi connectivity index (χ0v) is 15.0. The molecular formula is C18H16F2N8O. The molecule has 0 amide bonds. The van der Waals surface area contributed by atoms with E-state index in [1.165, 1.54) is 6.07 Å². The second-order valence-electron chi connectivity index (χ2n) is 6.75. The Balaban J connectivity index is 1.46. The van der Waals surface area contributed by atoms with Crippen LogP contribution in [-0.4, -0.2) is 41.5 Å². The van der Waals surface area contributed by atoms with Gasteiger partial charge in [-0.1, -0.05) is 6.07 Å². The van der Waals surface area contributed by atoms with Gasteiger partial charge in [-0.05, 0) is 30.4 Å². The molecule has 29 heavy (non-hydrogen) atoms. The van der Waals surface area contributed by atoms with Gasteiger partial charge in [0.15, 0.2) is 11.5 Å². The standard InChI is InChI=1S/C18H16F2N8O/c19-18(20)29-15-6-13(26-27-15)24-14-9-22-12-8-23-28(17(12)25-14)16(10-3-4-10)11-2-1-5-21-7-11/h1-2,5-10,16,18H,3-4H2,(H2,24,25,26,27)/t16-/m0/s1. The number of halogens is 2. The molecule has 9 nitrogen and oxygen atoms in total. The van der Waals surface area contributed by atoms with E-state index in [4.69, 9.17) is 0 Å². The van der Waals surface area contributed by atoms with Gasteiger partial charge in [-0.15, -0.1) is 5.10 Å². The minimum Gasteiger partial charge on any atom is -0.415 e. The lowest BCUT2D eigenvalue weighted by Gasteiger charge is -2.17. The van der Waals surface area contributed by atoms with Crippen molar-refractivity contribution in [3.05, 3.63) is 48.5 Å². The van der Waals surface area contributed by atoms with Crippen molar-refractivity contribution in [1.29, 1.82) is 0 Å². The maximum absolute atomic E-state index is 12.3. The third-order valence-electron chi connectivity index (χ3n) is 4.69. The summed E-state index contributed by atoms with van der Waals surface area (Å²) >= 11 is 0. The number of aromatic nitrogens is 7. The number of nitrogens with zero attached hydrogens (tertiary/aromatic N) is 6. The van der Waals surface area contributed by atoms with E-state index in [0.717, 1.165) is 18.4 Å². The topological polar surface area (TPSA) is 106 Å². The van der Waals surface area contributed by atoms with Gasteiger partial charge in [0.2, 0.25) is 5.88 Å². The molecule has 0 radical (unpaired) electrons. The van der Waals surface area contributed by atoms with Crippen LogP contribution in [0.1, 0.15) is 24.4 Å². The van der Waals surface area contributed by atoms with Gasteiger partial charge >= 0.3 is 6.61 Å². The summed E-state index contributed by atoms with van der Waals surface area (Å²) in [5.41, 5.74) is 2.36. The average molecular weight is 398 g/mol. The van der Waals surface area contributed by atoms with Gasteiger partial charge in [0.05, 0.1) is 18.4 Å². The number of nitrogens with one attached hydrogen (secondary N) is 2. The Labute approximate surface area is 163 Å². The number of hydrogen-bond acceptors (Lipinski definition) is 7. The molecule has 1 aliphatic carbocycles. The number of H-pyrrole nitrogens is 1. The molecule has 0 saturated heterocycles. The summed E-state index contributed by atoms with van der Waals surface area (Å²) in [6.07, 6.45) is 9.05. The van der Waals surface area contributed by atoms with Crippen LogP contribution in [0, 0.1) is 5.92 Å². The summed E-state index contributed by atoms with van der Waals surface area (Å²) in [5.74, 6) is 1.04. The van der Waals surface area contributed by atoms with Crippen molar-refractivity contribution in [1.82, 2.24) is 34.9 Å². The molecule has 1 atom stereocenters. The normalized spacial score (nSPS) is 15.0. The van der Waals surface area contributed by atoms with Crippen LogP contribution >= 0.6 is 0 Å². The zero-order valence-electron chi connectivity index (χ0n) is 15.0. The molecule has 0 bridgehead atoms. The molecule has 1 aliphatic rings. The SMILES string of the molecule is FC(F)Oc1cc(Nc2cnc3cnn([C@H](c4cccnc4)C4CC4)c3n2)[nH]n1. The van der Waals surface area contributed by atoms with Crippen LogP contribution in [-0.2, 0) is 0 Å². The molecule has 0 aromatic carbocycles. The van der Waals surface area contributed by atoms with E-state index in [1.807, 2.05) is 23.0 Å². The summed E-state index contributed by atoms with van der Waals surface area (Å²) in [6, 6.07) is 5.29. The van der Waals surface area contributed by atoms with Crippen molar-refractivity contribution < 1.29 is 13.5 Å². The van der Waals surface area contributed by atoms with Crippen molar-refractivity contribution in [2.75, 3.05) is 5.32 Å². The Hall–Kier alpha value is -3.63. The first kappa shape index (κ1) is 17.5. The quantitative estimate of drug-likeness (QED) is 0.492. The molecule has 4 heterocycles. The fraction of sp³-hybridized carbons (Fsp3) is 0.278. The van der Waals surface area contributed by atoms with Crippen LogP contribution in [0.4, 0.5) is 20.4 Å². The van der Waals surface area contributed by atoms with E-state index >= 15 is 0 Å². The minimum atomic E-state index is -2.94. The highest BCUT2D eigenvalue weighted by Crippen LogP contribution is 2.43. The number of ether oxygens (including phenoxy) is 1. The first-order chi connectivity index (χ1) is 14.2. The number of pyridine rings is 1. The van der Waals surface area contributed by atoms with E-state index < -0.39 is 6.61 Å².